The van der Waals surface area contributed by atoms with E-state index in [9.17, 15) is 15.3 Å². The molecule has 0 aliphatic heterocycles. The van der Waals surface area contributed by atoms with Crippen molar-refractivity contribution >= 4 is 17.7 Å². The van der Waals surface area contributed by atoms with Gasteiger partial charge in [-0.3, -0.25) is 0 Å². The first-order valence-corrected chi connectivity index (χ1v) is 9.03. The molecule has 0 unspecified atom stereocenters. The Labute approximate surface area is 161 Å². The van der Waals surface area contributed by atoms with Gasteiger partial charge in [-0.2, -0.15) is 0 Å². The second kappa shape index (κ2) is 9.47. The van der Waals surface area contributed by atoms with Crippen molar-refractivity contribution < 1.29 is 15.3 Å². The Morgan fingerprint density at radius 2 is 1.59 bits per heavy atom. The zero-order chi connectivity index (χ0) is 19.9. The summed E-state index contributed by atoms with van der Waals surface area (Å²) in [4.78, 5) is 0. The Morgan fingerprint density at radius 3 is 2.22 bits per heavy atom. The van der Waals surface area contributed by atoms with E-state index in [1.807, 2.05) is 61.6 Å². The molecule has 0 saturated carbocycles. The fourth-order valence-electron chi connectivity index (χ4n) is 2.66. The van der Waals surface area contributed by atoms with Crippen LogP contribution in [0.3, 0.4) is 0 Å². The van der Waals surface area contributed by atoms with E-state index in [1.54, 1.807) is 19.9 Å². The molecule has 3 heteroatoms. The molecule has 2 rings (SSSR count). The van der Waals surface area contributed by atoms with Crippen molar-refractivity contribution in [3.8, 4) is 0 Å². The van der Waals surface area contributed by atoms with Gasteiger partial charge in [-0.05, 0) is 66.3 Å². The zero-order valence-corrected chi connectivity index (χ0v) is 16.2. The van der Waals surface area contributed by atoms with Crippen molar-refractivity contribution in [2.45, 2.75) is 39.6 Å². The molecule has 2 aromatic carbocycles. The summed E-state index contributed by atoms with van der Waals surface area (Å²) in [6.07, 6.45) is 9.64. The van der Waals surface area contributed by atoms with Crippen LogP contribution in [0.5, 0.6) is 0 Å². The molecular weight excluding hydrogens is 336 g/mol. The van der Waals surface area contributed by atoms with Gasteiger partial charge in [0.15, 0.2) is 0 Å². The molecule has 3 N–H and O–H groups in total. The molecule has 0 aliphatic rings. The van der Waals surface area contributed by atoms with Crippen LogP contribution >= 0.6 is 0 Å². The lowest BCUT2D eigenvalue weighted by molar-refractivity contribution is 0.133. The summed E-state index contributed by atoms with van der Waals surface area (Å²) < 4.78 is 0. The van der Waals surface area contributed by atoms with E-state index in [1.165, 1.54) is 0 Å². The smallest absolute Gasteiger partial charge is 0.0774 e. The van der Waals surface area contributed by atoms with Crippen LogP contribution in [-0.2, 0) is 13.2 Å². The molecule has 3 nitrogen and oxygen atoms in total. The molecule has 0 amide bonds. The summed E-state index contributed by atoms with van der Waals surface area (Å²) in [7, 11) is 0. The summed E-state index contributed by atoms with van der Waals surface area (Å²) in [6.45, 7) is 5.37. The Morgan fingerprint density at radius 1 is 0.926 bits per heavy atom. The molecule has 0 radical (unpaired) electrons. The van der Waals surface area contributed by atoms with Crippen molar-refractivity contribution in [1.82, 2.24) is 0 Å². The first-order chi connectivity index (χ1) is 12.8. The van der Waals surface area contributed by atoms with E-state index in [0.29, 0.717) is 0 Å². The van der Waals surface area contributed by atoms with Crippen molar-refractivity contribution in [3.63, 3.8) is 0 Å². The van der Waals surface area contributed by atoms with E-state index in [0.717, 1.165) is 33.4 Å². The number of hydrogen-bond acceptors (Lipinski definition) is 3. The zero-order valence-electron chi connectivity index (χ0n) is 16.2. The van der Waals surface area contributed by atoms with E-state index in [4.69, 9.17) is 0 Å². The Balaban J connectivity index is 2.19. The lowest BCUT2D eigenvalue weighted by Crippen LogP contribution is -2.13. The maximum absolute atomic E-state index is 9.74. The largest absolute Gasteiger partial charge is 0.392 e. The van der Waals surface area contributed by atoms with E-state index >= 15 is 0 Å². The normalized spacial score (nSPS) is 13.0. The number of benzene rings is 2. The van der Waals surface area contributed by atoms with Crippen molar-refractivity contribution in [2.24, 2.45) is 0 Å². The van der Waals surface area contributed by atoms with Gasteiger partial charge in [0.05, 0.1) is 18.8 Å². The van der Waals surface area contributed by atoms with Crippen LogP contribution in [0.25, 0.3) is 17.7 Å². The first-order valence-electron chi connectivity index (χ1n) is 9.03. The van der Waals surface area contributed by atoms with Gasteiger partial charge in [0.1, 0.15) is 0 Å². The predicted molar refractivity (Wildman–Crippen MR) is 113 cm³/mol. The average Bonchev–Trinajstić information content (AvgIpc) is 2.65. The number of rotatable bonds is 7. The third kappa shape index (κ3) is 6.65. The second-order valence-corrected chi connectivity index (χ2v) is 7.17. The molecule has 0 aromatic heterocycles. The highest BCUT2D eigenvalue weighted by Gasteiger charge is 2.05. The Kier molecular flexibility index (Phi) is 7.31. The van der Waals surface area contributed by atoms with Crippen molar-refractivity contribution in [2.75, 3.05) is 0 Å². The van der Waals surface area contributed by atoms with Gasteiger partial charge in [-0.1, -0.05) is 60.7 Å². The van der Waals surface area contributed by atoms with Crippen molar-refractivity contribution in [3.05, 3.63) is 88.5 Å². The van der Waals surface area contributed by atoms with Gasteiger partial charge in [-0.25, -0.2) is 0 Å². The summed E-state index contributed by atoms with van der Waals surface area (Å²) in [5, 5.41) is 28.4. The SMILES string of the molecule is C/C(=C/C=C/C(C)(C)O)c1cccc(C=Cc2ccc(CO)c(CO)c2)c1. The third-order valence-corrected chi connectivity index (χ3v) is 4.23. The Bertz CT molecular complexity index is 852. The highest BCUT2D eigenvalue weighted by atomic mass is 16.3. The molecule has 0 spiro atoms. The monoisotopic (exact) mass is 364 g/mol. The number of allylic oxidation sites excluding steroid dienone is 3. The topological polar surface area (TPSA) is 60.7 Å². The third-order valence-electron chi connectivity index (χ3n) is 4.23. The maximum atomic E-state index is 9.74. The lowest BCUT2D eigenvalue weighted by Gasteiger charge is -2.09. The van der Waals surface area contributed by atoms with Crippen LogP contribution in [0.4, 0.5) is 0 Å². The number of hydrogen-bond donors (Lipinski definition) is 3. The standard InChI is InChI=1S/C24H28O3/c1-18(6-5-13-24(2,3)27)21-8-4-7-19(14-21)9-10-20-11-12-22(16-25)23(15-20)17-26/h4-15,25-27H,16-17H2,1-3H3/b10-9?,13-5+,18-6-. The molecule has 142 valence electrons. The highest BCUT2D eigenvalue weighted by Crippen LogP contribution is 2.19. The van der Waals surface area contributed by atoms with Crippen LogP contribution in [-0.4, -0.2) is 20.9 Å². The van der Waals surface area contributed by atoms with Gasteiger partial charge in [-0.15, -0.1) is 0 Å². The van der Waals surface area contributed by atoms with Crippen molar-refractivity contribution in [1.29, 1.82) is 0 Å². The van der Waals surface area contributed by atoms with Gasteiger partial charge in [0, 0.05) is 0 Å². The molecule has 0 atom stereocenters. The van der Waals surface area contributed by atoms with E-state index < -0.39 is 5.60 Å². The minimum atomic E-state index is -0.819. The minimum absolute atomic E-state index is 0.0740. The molecule has 0 bridgehead atoms. The maximum Gasteiger partial charge on any atom is 0.0774 e. The summed E-state index contributed by atoms with van der Waals surface area (Å²) in [5.74, 6) is 0. The van der Waals surface area contributed by atoms with Crippen LogP contribution in [0.15, 0.2) is 60.7 Å². The summed E-state index contributed by atoms with van der Waals surface area (Å²) in [5.41, 5.74) is 4.94. The fraction of sp³-hybridized carbons (Fsp3) is 0.250. The molecular formula is C24H28O3. The molecule has 2 aromatic rings. The van der Waals surface area contributed by atoms with Crippen LogP contribution < -0.4 is 0 Å². The van der Waals surface area contributed by atoms with Crippen LogP contribution in [0, 0.1) is 0 Å². The number of aliphatic hydroxyl groups excluding tert-OH is 2. The van der Waals surface area contributed by atoms with Crippen LogP contribution in [0.1, 0.15) is 48.6 Å². The molecule has 0 saturated heterocycles. The average molecular weight is 364 g/mol. The summed E-state index contributed by atoms with van der Waals surface area (Å²) in [6, 6.07) is 13.9. The number of aliphatic hydroxyl groups is 3. The predicted octanol–water partition coefficient (Wildman–Crippen LogP) is 4.57. The van der Waals surface area contributed by atoms with Gasteiger partial charge in [0.25, 0.3) is 0 Å². The minimum Gasteiger partial charge on any atom is -0.392 e. The molecule has 0 heterocycles. The quantitative estimate of drug-likeness (QED) is 0.498. The fourth-order valence-corrected chi connectivity index (χ4v) is 2.66. The molecule has 0 aliphatic carbocycles. The highest BCUT2D eigenvalue weighted by molar-refractivity contribution is 5.73. The van der Waals surface area contributed by atoms with Gasteiger partial charge >= 0.3 is 0 Å². The van der Waals surface area contributed by atoms with E-state index in [2.05, 4.69) is 12.1 Å². The Hall–Kier alpha value is -2.46. The van der Waals surface area contributed by atoms with Crippen LogP contribution in [0.2, 0.25) is 0 Å². The second-order valence-electron chi connectivity index (χ2n) is 7.17. The van der Waals surface area contributed by atoms with E-state index in [-0.39, 0.29) is 13.2 Å². The first kappa shape index (κ1) is 20.8. The lowest BCUT2D eigenvalue weighted by atomic mass is 10.0. The molecule has 27 heavy (non-hydrogen) atoms. The summed E-state index contributed by atoms with van der Waals surface area (Å²) >= 11 is 0. The van der Waals surface area contributed by atoms with Gasteiger partial charge in [0.2, 0.25) is 0 Å². The van der Waals surface area contributed by atoms with Gasteiger partial charge < -0.3 is 15.3 Å². The molecule has 0 fully saturated rings.